The summed E-state index contributed by atoms with van der Waals surface area (Å²) in [7, 11) is 0. The molecule has 0 amide bonds. The molecule has 0 saturated carbocycles. The highest BCUT2D eigenvalue weighted by Gasteiger charge is 2.20. The molecule has 0 saturated heterocycles. The second-order valence-electron chi connectivity index (χ2n) is 14.1. The molecule has 3 heteroatoms. The first kappa shape index (κ1) is 31.6. The van der Waals surface area contributed by atoms with E-state index in [4.69, 9.17) is 4.42 Å². The van der Waals surface area contributed by atoms with Gasteiger partial charge in [0.15, 0.2) is 0 Å². The molecule has 2 aromatic heterocycles. The first-order valence-corrected chi connectivity index (χ1v) is 19.5. The number of thiophene rings is 1. The molecular formula is C52H33NOS. The van der Waals surface area contributed by atoms with Crippen LogP contribution in [0.15, 0.2) is 205 Å². The number of benzene rings is 9. The van der Waals surface area contributed by atoms with E-state index in [9.17, 15) is 0 Å². The summed E-state index contributed by atoms with van der Waals surface area (Å²) in [6.07, 6.45) is 0. The molecule has 0 aliphatic heterocycles. The Morgan fingerprint density at radius 2 is 0.982 bits per heavy atom. The SMILES string of the molecule is c1ccc(-c2cccc3c2sc2c(N(c4ccc(-c5ccc6ccccc6c5)cc4)c4cccc(-c5ccc6c(c5)oc5ccccc56)c4)cccc23)cc1. The normalized spacial score (nSPS) is 11.6. The fraction of sp³-hybridized carbons (Fsp3) is 0. The summed E-state index contributed by atoms with van der Waals surface area (Å²) in [6.45, 7) is 0. The molecule has 11 rings (SSSR count). The van der Waals surface area contributed by atoms with Gasteiger partial charge in [0.25, 0.3) is 0 Å². The van der Waals surface area contributed by atoms with Crippen LogP contribution in [0.25, 0.3) is 86.3 Å². The lowest BCUT2D eigenvalue weighted by atomic mass is 10.00. The van der Waals surface area contributed by atoms with E-state index in [1.165, 1.54) is 53.2 Å². The predicted molar refractivity (Wildman–Crippen MR) is 235 cm³/mol. The van der Waals surface area contributed by atoms with Gasteiger partial charge in [0, 0.05) is 37.6 Å². The topological polar surface area (TPSA) is 16.4 Å². The summed E-state index contributed by atoms with van der Waals surface area (Å²) in [5, 5.41) is 7.31. The van der Waals surface area contributed by atoms with E-state index in [-0.39, 0.29) is 0 Å². The molecule has 2 heterocycles. The van der Waals surface area contributed by atoms with Crippen molar-refractivity contribution in [2.75, 3.05) is 4.90 Å². The number of hydrogen-bond donors (Lipinski definition) is 0. The highest BCUT2D eigenvalue weighted by Crippen LogP contribution is 2.47. The van der Waals surface area contributed by atoms with E-state index in [1.807, 2.05) is 23.5 Å². The quantitative estimate of drug-likeness (QED) is 0.170. The highest BCUT2D eigenvalue weighted by molar-refractivity contribution is 7.27. The van der Waals surface area contributed by atoms with E-state index < -0.39 is 0 Å². The lowest BCUT2D eigenvalue weighted by Crippen LogP contribution is -2.10. The van der Waals surface area contributed by atoms with Crippen LogP contribution in [0.5, 0.6) is 0 Å². The summed E-state index contributed by atoms with van der Waals surface area (Å²) in [6, 6.07) is 72.2. The number of nitrogens with zero attached hydrogens (tertiary/aromatic N) is 1. The van der Waals surface area contributed by atoms with Crippen molar-refractivity contribution in [1.82, 2.24) is 0 Å². The molecule has 2 nitrogen and oxygen atoms in total. The zero-order valence-corrected chi connectivity index (χ0v) is 30.6. The number of furan rings is 1. The number of fused-ring (bicyclic) bond motifs is 7. The summed E-state index contributed by atoms with van der Waals surface area (Å²) in [5.41, 5.74) is 12.3. The van der Waals surface area contributed by atoms with Crippen molar-refractivity contribution in [2.45, 2.75) is 0 Å². The minimum absolute atomic E-state index is 0.898. The van der Waals surface area contributed by atoms with Gasteiger partial charge in [-0.05, 0) is 98.8 Å². The maximum absolute atomic E-state index is 6.31. The molecule has 0 atom stereocenters. The van der Waals surface area contributed by atoms with Gasteiger partial charge in [-0.25, -0.2) is 0 Å². The largest absolute Gasteiger partial charge is 0.456 e. The molecular weight excluding hydrogens is 687 g/mol. The van der Waals surface area contributed by atoms with E-state index >= 15 is 0 Å². The van der Waals surface area contributed by atoms with Gasteiger partial charge in [-0.3, -0.25) is 0 Å². The molecule has 0 aliphatic carbocycles. The van der Waals surface area contributed by atoms with E-state index in [0.717, 1.165) is 50.1 Å². The lowest BCUT2D eigenvalue weighted by molar-refractivity contribution is 0.669. The van der Waals surface area contributed by atoms with Gasteiger partial charge in [-0.15, -0.1) is 11.3 Å². The number of rotatable bonds is 6. The van der Waals surface area contributed by atoms with Gasteiger partial charge >= 0.3 is 0 Å². The summed E-state index contributed by atoms with van der Waals surface area (Å²) >= 11 is 1.88. The molecule has 0 unspecified atom stereocenters. The second kappa shape index (κ2) is 12.9. The third-order valence-corrected chi connectivity index (χ3v) is 12.1. The van der Waals surface area contributed by atoms with Crippen molar-refractivity contribution >= 4 is 81.3 Å². The lowest BCUT2D eigenvalue weighted by Gasteiger charge is -2.27. The van der Waals surface area contributed by atoms with Gasteiger partial charge in [-0.1, -0.05) is 146 Å². The fourth-order valence-corrected chi connectivity index (χ4v) is 9.50. The summed E-state index contributed by atoms with van der Waals surface area (Å²) in [5.74, 6) is 0. The predicted octanol–water partition coefficient (Wildman–Crippen LogP) is 15.6. The molecule has 0 aliphatic rings. The monoisotopic (exact) mass is 719 g/mol. The zero-order chi connectivity index (χ0) is 36.3. The average molecular weight is 720 g/mol. The fourth-order valence-electron chi connectivity index (χ4n) is 8.16. The van der Waals surface area contributed by atoms with Crippen LogP contribution in [0.4, 0.5) is 17.1 Å². The number of anilines is 3. The van der Waals surface area contributed by atoms with Gasteiger partial charge in [-0.2, -0.15) is 0 Å². The van der Waals surface area contributed by atoms with Crippen LogP contribution >= 0.6 is 11.3 Å². The van der Waals surface area contributed by atoms with Crippen LogP contribution in [0.2, 0.25) is 0 Å². The summed E-state index contributed by atoms with van der Waals surface area (Å²) in [4.78, 5) is 2.42. The van der Waals surface area contributed by atoms with Gasteiger partial charge in [0.2, 0.25) is 0 Å². The number of para-hydroxylation sites is 1. The Balaban J connectivity index is 1.08. The van der Waals surface area contributed by atoms with Crippen molar-refractivity contribution in [3.8, 4) is 33.4 Å². The minimum Gasteiger partial charge on any atom is -0.456 e. The van der Waals surface area contributed by atoms with Crippen LogP contribution in [0.1, 0.15) is 0 Å². The summed E-state index contributed by atoms with van der Waals surface area (Å²) < 4.78 is 8.87. The Morgan fingerprint density at radius 3 is 1.87 bits per heavy atom. The van der Waals surface area contributed by atoms with Crippen LogP contribution in [0, 0.1) is 0 Å². The molecule has 55 heavy (non-hydrogen) atoms. The Bertz CT molecular complexity index is 3210. The average Bonchev–Trinajstić information content (AvgIpc) is 3.83. The van der Waals surface area contributed by atoms with Crippen molar-refractivity contribution in [1.29, 1.82) is 0 Å². The highest BCUT2D eigenvalue weighted by atomic mass is 32.1. The standard InChI is InChI=1S/C52H33NOS/c1-2-12-36(13-3-1)43-18-9-19-46-47-20-10-21-48(52(47)55-51(43)46)53(41-28-25-35(26-29-41)39-24-23-34-11-4-5-14-37(34)31-39)42-16-8-15-38(32-42)40-27-30-45-44-17-6-7-22-49(44)54-50(45)33-40/h1-33H. The first-order chi connectivity index (χ1) is 27.2. The molecule has 0 N–H and O–H groups in total. The van der Waals surface area contributed by atoms with E-state index in [2.05, 4.69) is 193 Å². The third kappa shape index (κ3) is 5.40. The van der Waals surface area contributed by atoms with Crippen molar-refractivity contribution in [3.63, 3.8) is 0 Å². The third-order valence-electron chi connectivity index (χ3n) is 10.9. The number of hydrogen-bond acceptors (Lipinski definition) is 3. The molecule has 0 fully saturated rings. The van der Waals surface area contributed by atoms with Gasteiger partial charge < -0.3 is 9.32 Å². The van der Waals surface area contributed by atoms with Crippen LogP contribution in [-0.4, -0.2) is 0 Å². The Kier molecular flexibility index (Phi) is 7.39. The second-order valence-corrected chi connectivity index (χ2v) is 15.1. The smallest absolute Gasteiger partial charge is 0.136 e. The van der Waals surface area contributed by atoms with Crippen molar-refractivity contribution < 1.29 is 4.42 Å². The zero-order valence-electron chi connectivity index (χ0n) is 29.8. The molecule has 0 spiro atoms. The molecule has 9 aromatic carbocycles. The minimum atomic E-state index is 0.898. The molecule has 258 valence electrons. The first-order valence-electron chi connectivity index (χ1n) is 18.7. The van der Waals surface area contributed by atoms with Crippen LogP contribution in [-0.2, 0) is 0 Å². The van der Waals surface area contributed by atoms with E-state index in [0.29, 0.717) is 0 Å². The Labute approximate surface area is 322 Å². The van der Waals surface area contributed by atoms with Gasteiger partial charge in [0.05, 0.1) is 10.4 Å². The molecule has 11 aromatic rings. The van der Waals surface area contributed by atoms with Crippen molar-refractivity contribution in [3.05, 3.63) is 200 Å². The van der Waals surface area contributed by atoms with Gasteiger partial charge in [0.1, 0.15) is 11.2 Å². The Hall–Kier alpha value is -6.94. The maximum Gasteiger partial charge on any atom is 0.136 e. The molecule has 0 radical (unpaired) electrons. The van der Waals surface area contributed by atoms with Crippen LogP contribution < -0.4 is 4.90 Å². The molecule has 0 bridgehead atoms. The van der Waals surface area contributed by atoms with Crippen LogP contribution in [0.3, 0.4) is 0 Å². The van der Waals surface area contributed by atoms with Crippen molar-refractivity contribution in [2.24, 2.45) is 0 Å². The van der Waals surface area contributed by atoms with E-state index in [1.54, 1.807) is 0 Å². The maximum atomic E-state index is 6.31. The Morgan fingerprint density at radius 1 is 0.345 bits per heavy atom.